The van der Waals surface area contributed by atoms with Gasteiger partial charge >= 0.3 is 0 Å². The molecule has 8 nitrogen and oxygen atoms in total. The van der Waals surface area contributed by atoms with E-state index in [-0.39, 0.29) is 24.0 Å². The normalized spacial score (nSPS) is 10.8. The van der Waals surface area contributed by atoms with Gasteiger partial charge in [0, 0.05) is 5.56 Å². The van der Waals surface area contributed by atoms with Crippen LogP contribution in [0.3, 0.4) is 0 Å². The molecule has 0 aliphatic carbocycles. The Morgan fingerprint density at radius 1 is 1.14 bits per heavy atom. The van der Waals surface area contributed by atoms with Crippen molar-refractivity contribution in [3.63, 3.8) is 0 Å². The summed E-state index contributed by atoms with van der Waals surface area (Å²) in [7, 11) is 0. The van der Waals surface area contributed by atoms with Crippen molar-refractivity contribution < 1.29 is 14.7 Å². The summed E-state index contributed by atoms with van der Waals surface area (Å²) in [6.07, 6.45) is 1.45. The molecule has 0 atom stereocenters. The third kappa shape index (κ3) is 5.21. The summed E-state index contributed by atoms with van der Waals surface area (Å²) in [6, 6.07) is 13.6. The van der Waals surface area contributed by atoms with E-state index in [0.29, 0.717) is 15.7 Å². The Balaban J connectivity index is 1.52. The molecule has 0 aliphatic rings. The number of carbonyl (C=O) groups is 2. The van der Waals surface area contributed by atoms with Crippen molar-refractivity contribution in [2.75, 3.05) is 5.32 Å². The van der Waals surface area contributed by atoms with Gasteiger partial charge in [-0.15, -0.1) is 10.2 Å². The van der Waals surface area contributed by atoms with Crippen molar-refractivity contribution in [1.82, 2.24) is 15.6 Å². The van der Waals surface area contributed by atoms with Gasteiger partial charge in [-0.2, -0.15) is 5.10 Å². The van der Waals surface area contributed by atoms with Gasteiger partial charge in [0.05, 0.1) is 12.6 Å². The number of aromatic hydroxyl groups is 1. The fourth-order valence-electron chi connectivity index (χ4n) is 2.28. The van der Waals surface area contributed by atoms with E-state index in [0.717, 1.165) is 22.5 Å². The van der Waals surface area contributed by atoms with Crippen LogP contribution >= 0.6 is 11.3 Å². The number of hydrogen-bond donors (Lipinski definition) is 3. The van der Waals surface area contributed by atoms with Gasteiger partial charge in [-0.25, -0.2) is 5.43 Å². The number of hydrazone groups is 1. The maximum absolute atomic E-state index is 12.3. The Labute approximate surface area is 165 Å². The Hall–Kier alpha value is -3.59. The Kier molecular flexibility index (Phi) is 6.07. The van der Waals surface area contributed by atoms with E-state index in [9.17, 15) is 14.7 Å². The highest BCUT2D eigenvalue weighted by atomic mass is 32.1. The number of nitrogens with zero attached hydrogens (tertiary/aromatic N) is 3. The third-order valence-electron chi connectivity index (χ3n) is 3.68. The molecule has 1 aromatic heterocycles. The van der Waals surface area contributed by atoms with E-state index in [1.54, 1.807) is 24.3 Å². The molecular weight excluding hydrogens is 378 g/mol. The molecule has 142 valence electrons. The molecule has 2 amide bonds. The fraction of sp³-hybridized carbons (Fsp3) is 0.105. The monoisotopic (exact) mass is 395 g/mol. The van der Waals surface area contributed by atoms with Crippen LogP contribution in [0.5, 0.6) is 5.75 Å². The number of phenolic OH excluding ortho intramolecular Hbond substituents is 1. The van der Waals surface area contributed by atoms with Crippen molar-refractivity contribution in [2.45, 2.75) is 13.3 Å². The zero-order valence-corrected chi connectivity index (χ0v) is 15.7. The van der Waals surface area contributed by atoms with Gasteiger partial charge in [0.25, 0.3) is 5.91 Å². The second-order valence-corrected chi connectivity index (χ2v) is 6.89. The highest BCUT2D eigenvalue weighted by Gasteiger charge is 2.13. The molecule has 0 aliphatic heterocycles. The molecule has 28 heavy (non-hydrogen) atoms. The summed E-state index contributed by atoms with van der Waals surface area (Å²) in [4.78, 5) is 24.2. The molecule has 3 rings (SSSR count). The van der Waals surface area contributed by atoms with Crippen LogP contribution in [-0.2, 0) is 11.2 Å². The quantitative estimate of drug-likeness (QED) is 0.438. The first-order valence-electron chi connectivity index (χ1n) is 8.31. The zero-order valence-electron chi connectivity index (χ0n) is 14.9. The van der Waals surface area contributed by atoms with Gasteiger partial charge < -0.3 is 5.11 Å². The lowest BCUT2D eigenvalue weighted by molar-refractivity contribution is -0.120. The smallest absolute Gasteiger partial charge is 0.257 e. The summed E-state index contributed by atoms with van der Waals surface area (Å²) < 4.78 is 0. The van der Waals surface area contributed by atoms with Crippen LogP contribution in [0.25, 0.3) is 0 Å². The second-order valence-electron chi connectivity index (χ2n) is 5.83. The van der Waals surface area contributed by atoms with Gasteiger partial charge in [-0.1, -0.05) is 29.5 Å². The van der Waals surface area contributed by atoms with Crippen LogP contribution < -0.4 is 10.7 Å². The molecule has 0 spiro atoms. The molecule has 0 fully saturated rings. The molecule has 3 N–H and O–H groups in total. The lowest BCUT2D eigenvalue weighted by atomic mass is 10.1. The minimum atomic E-state index is -0.358. The highest BCUT2D eigenvalue weighted by molar-refractivity contribution is 7.15. The summed E-state index contributed by atoms with van der Waals surface area (Å²) >= 11 is 1.13. The Morgan fingerprint density at radius 2 is 1.89 bits per heavy atom. The number of benzene rings is 2. The number of phenols is 1. The molecule has 1 heterocycles. The molecule has 0 radical (unpaired) electrons. The number of nitrogens with one attached hydrogen (secondary N) is 2. The van der Waals surface area contributed by atoms with Crippen LogP contribution in [0.2, 0.25) is 0 Å². The summed E-state index contributed by atoms with van der Waals surface area (Å²) in [5.41, 5.74) is 4.54. The standard InChI is InChI=1S/C19H17N5O3S/c1-12-4-2-3-5-15(12)18(27)21-19-24-23-17(28-19)10-16(26)22-20-11-13-6-8-14(25)9-7-13/h2-9,11,25H,10H2,1H3,(H,22,26)(H,21,24,27)/b20-11-. The van der Waals surface area contributed by atoms with Crippen molar-refractivity contribution in [3.8, 4) is 5.75 Å². The maximum atomic E-state index is 12.3. The summed E-state index contributed by atoms with van der Waals surface area (Å²) in [5, 5.41) is 24.3. The summed E-state index contributed by atoms with van der Waals surface area (Å²) in [6.45, 7) is 1.85. The minimum absolute atomic E-state index is 0.00911. The van der Waals surface area contributed by atoms with Gasteiger partial charge in [-0.3, -0.25) is 14.9 Å². The van der Waals surface area contributed by atoms with E-state index in [2.05, 4.69) is 26.0 Å². The molecule has 0 saturated carbocycles. The lowest BCUT2D eigenvalue weighted by Crippen LogP contribution is -2.19. The van der Waals surface area contributed by atoms with Crippen LogP contribution in [0.4, 0.5) is 5.13 Å². The SMILES string of the molecule is Cc1ccccc1C(=O)Nc1nnc(CC(=O)N/N=C\c2ccc(O)cc2)s1. The largest absolute Gasteiger partial charge is 0.508 e. The first-order chi connectivity index (χ1) is 13.5. The predicted octanol–water partition coefficient (Wildman–Crippen LogP) is 2.50. The molecule has 2 aromatic carbocycles. The van der Waals surface area contributed by atoms with Gasteiger partial charge in [-0.05, 0) is 48.4 Å². The second kappa shape index (κ2) is 8.87. The van der Waals surface area contributed by atoms with E-state index in [1.165, 1.54) is 18.3 Å². The number of hydrogen-bond acceptors (Lipinski definition) is 7. The highest BCUT2D eigenvalue weighted by Crippen LogP contribution is 2.17. The third-order valence-corrected chi connectivity index (χ3v) is 4.52. The van der Waals surface area contributed by atoms with Crippen LogP contribution in [-0.4, -0.2) is 33.3 Å². The molecular formula is C19H17N5O3S. The van der Waals surface area contributed by atoms with Crippen molar-refractivity contribution in [2.24, 2.45) is 5.10 Å². The lowest BCUT2D eigenvalue weighted by Gasteiger charge is -2.03. The fourth-order valence-corrected chi connectivity index (χ4v) is 3.02. The molecule has 0 bridgehead atoms. The van der Waals surface area contributed by atoms with Crippen LogP contribution in [0, 0.1) is 6.92 Å². The molecule has 3 aromatic rings. The number of rotatable bonds is 6. The average molecular weight is 395 g/mol. The predicted molar refractivity (Wildman–Crippen MR) is 107 cm³/mol. The van der Waals surface area contributed by atoms with Crippen molar-refractivity contribution in [3.05, 3.63) is 70.2 Å². The van der Waals surface area contributed by atoms with Crippen molar-refractivity contribution >= 4 is 34.5 Å². The average Bonchev–Trinajstić information content (AvgIpc) is 3.10. The van der Waals surface area contributed by atoms with E-state index < -0.39 is 0 Å². The number of amides is 2. The maximum Gasteiger partial charge on any atom is 0.257 e. The summed E-state index contributed by atoms with van der Waals surface area (Å²) in [5.74, 6) is -0.477. The molecule has 0 saturated heterocycles. The van der Waals surface area contributed by atoms with Gasteiger partial charge in [0.15, 0.2) is 0 Å². The van der Waals surface area contributed by atoms with Gasteiger partial charge in [0.1, 0.15) is 10.8 Å². The van der Waals surface area contributed by atoms with Gasteiger partial charge in [0.2, 0.25) is 11.0 Å². The molecule has 9 heteroatoms. The number of aromatic nitrogens is 2. The first kappa shape index (κ1) is 19.2. The zero-order chi connectivity index (χ0) is 19.9. The molecule has 0 unspecified atom stereocenters. The van der Waals surface area contributed by atoms with E-state index in [4.69, 9.17) is 0 Å². The Bertz CT molecular complexity index is 1010. The number of carbonyl (C=O) groups excluding carboxylic acids is 2. The van der Waals surface area contributed by atoms with Crippen LogP contribution in [0.15, 0.2) is 53.6 Å². The van der Waals surface area contributed by atoms with E-state index >= 15 is 0 Å². The van der Waals surface area contributed by atoms with Crippen LogP contribution in [0.1, 0.15) is 26.5 Å². The first-order valence-corrected chi connectivity index (χ1v) is 9.13. The van der Waals surface area contributed by atoms with Crippen molar-refractivity contribution in [1.29, 1.82) is 0 Å². The number of anilines is 1. The Morgan fingerprint density at radius 3 is 2.64 bits per heavy atom. The number of aryl methyl sites for hydroxylation is 1. The topological polar surface area (TPSA) is 117 Å². The minimum Gasteiger partial charge on any atom is -0.508 e. The van der Waals surface area contributed by atoms with E-state index in [1.807, 2.05) is 19.1 Å².